The van der Waals surface area contributed by atoms with E-state index in [4.69, 9.17) is 4.74 Å². The summed E-state index contributed by atoms with van der Waals surface area (Å²) in [6, 6.07) is 6.22. The number of piperidine rings is 1. The topological polar surface area (TPSA) is 99.3 Å². The Morgan fingerprint density at radius 1 is 0.933 bits per heavy atom. The lowest BCUT2D eigenvalue weighted by atomic mass is 9.89. The number of carbonyl (C=O) groups excluding carboxylic acids is 4. The van der Waals surface area contributed by atoms with Gasteiger partial charge in [0, 0.05) is 19.2 Å². The van der Waals surface area contributed by atoms with Gasteiger partial charge in [0.2, 0.25) is 17.7 Å². The largest absolute Gasteiger partial charge is 0.456 e. The van der Waals surface area contributed by atoms with Gasteiger partial charge in [0.1, 0.15) is 18.2 Å². The number of amides is 3. The first-order chi connectivity index (χ1) is 21.4. The zero-order chi connectivity index (χ0) is 32.8. The summed E-state index contributed by atoms with van der Waals surface area (Å²) in [7, 11) is 3.70. The van der Waals surface area contributed by atoms with Crippen molar-refractivity contribution in [3.63, 3.8) is 0 Å². The van der Waals surface area contributed by atoms with Gasteiger partial charge in [-0.25, -0.2) is 4.79 Å². The van der Waals surface area contributed by atoms with Crippen molar-refractivity contribution >= 4 is 23.7 Å². The highest BCUT2D eigenvalue weighted by Crippen LogP contribution is 2.34. The molecule has 2 heterocycles. The first-order valence-corrected chi connectivity index (χ1v) is 17.0. The number of likely N-dealkylation sites (N-methyl/N-ethyl adjacent to an activating group) is 2. The van der Waals surface area contributed by atoms with Crippen molar-refractivity contribution in [3.8, 4) is 0 Å². The molecule has 1 N–H and O–H groups in total. The summed E-state index contributed by atoms with van der Waals surface area (Å²) in [4.78, 5) is 59.7. The van der Waals surface area contributed by atoms with Gasteiger partial charge >= 0.3 is 5.97 Å². The maximum absolute atomic E-state index is 13.9. The van der Waals surface area contributed by atoms with Gasteiger partial charge in [-0.1, -0.05) is 64.5 Å². The number of ether oxygens (including phenoxy) is 1. The first-order valence-electron chi connectivity index (χ1n) is 17.0. The summed E-state index contributed by atoms with van der Waals surface area (Å²) in [6.45, 7) is 11.0. The Bertz CT molecular complexity index is 1260. The highest BCUT2D eigenvalue weighted by molar-refractivity contribution is 5.96. The maximum Gasteiger partial charge on any atom is 0.329 e. The van der Waals surface area contributed by atoms with Crippen molar-refractivity contribution < 1.29 is 23.9 Å². The van der Waals surface area contributed by atoms with E-state index in [2.05, 4.69) is 16.3 Å². The lowest BCUT2D eigenvalue weighted by Crippen LogP contribution is -2.57. The monoisotopic (exact) mass is 622 g/mol. The quantitative estimate of drug-likeness (QED) is 0.301. The molecule has 0 bridgehead atoms. The predicted octanol–water partition coefficient (Wildman–Crippen LogP) is 4.65. The molecule has 2 aliphatic heterocycles. The molecule has 9 nitrogen and oxygen atoms in total. The summed E-state index contributed by atoms with van der Waals surface area (Å²) < 4.78 is 6.04. The third kappa shape index (κ3) is 8.15. The third-order valence-corrected chi connectivity index (χ3v) is 9.90. The Kier molecular flexibility index (Phi) is 11.9. The Labute approximate surface area is 269 Å². The zero-order valence-corrected chi connectivity index (χ0v) is 28.4. The van der Waals surface area contributed by atoms with Crippen LogP contribution in [0, 0.1) is 11.8 Å². The second-order valence-electron chi connectivity index (χ2n) is 13.9. The van der Waals surface area contributed by atoms with Gasteiger partial charge < -0.3 is 19.9 Å². The van der Waals surface area contributed by atoms with E-state index < -0.39 is 12.1 Å². The van der Waals surface area contributed by atoms with E-state index in [0.29, 0.717) is 18.5 Å². The van der Waals surface area contributed by atoms with Crippen molar-refractivity contribution in [1.82, 2.24) is 20.0 Å². The second kappa shape index (κ2) is 15.4. The van der Waals surface area contributed by atoms with Crippen molar-refractivity contribution in [1.29, 1.82) is 0 Å². The van der Waals surface area contributed by atoms with E-state index >= 15 is 0 Å². The summed E-state index contributed by atoms with van der Waals surface area (Å²) in [6.07, 6.45) is 8.46. The molecular weight excluding hydrogens is 568 g/mol. The van der Waals surface area contributed by atoms with Crippen LogP contribution in [0.4, 0.5) is 0 Å². The normalized spacial score (nSPS) is 23.8. The molecular formula is C36H54N4O5. The Hall–Kier alpha value is -3.20. The number of aryl methyl sites for hydroxylation is 1. The molecule has 45 heavy (non-hydrogen) atoms. The standard InChI is InChI=1S/C36H54N4O5/c1-23(2)30(39(7)35(43)32(24(3)4)37-33(41)28-17-10-11-20-38(28)6)22-25(5)34(42)40-21-13-18-29(40)36(44)45-31-19-12-15-26-14-8-9-16-27(26)31/h8-9,14,16,22-24,28-32H,10-13,15,17-21H2,1-7H3,(H,37,41)/b25-22+/t28?,29-,30+,31+,32-/m0/s1. The fourth-order valence-corrected chi connectivity index (χ4v) is 7.15. The van der Waals surface area contributed by atoms with Crippen LogP contribution in [0.1, 0.15) is 96.8 Å². The van der Waals surface area contributed by atoms with Crippen LogP contribution in [0.5, 0.6) is 0 Å². The van der Waals surface area contributed by atoms with Gasteiger partial charge in [-0.05, 0) is 88.4 Å². The maximum atomic E-state index is 13.9. The minimum atomic E-state index is -0.675. The number of likely N-dealkylation sites (tertiary alicyclic amines) is 2. The predicted molar refractivity (Wildman–Crippen MR) is 175 cm³/mol. The second-order valence-corrected chi connectivity index (χ2v) is 13.9. The molecule has 1 aromatic carbocycles. The van der Waals surface area contributed by atoms with Gasteiger partial charge in [-0.3, -0.25) is 19.3 Å². The van der Waals surface area contributed by atoms with Crippen LogP contribution in [0.2, 0.25) is 0 Å². The molecule has 0 spiro atoms. The van der Waals surface area contributed by atoms with Crippen LogP contribution < -0.4 is 5.32 Å². The van der Waals surface area contributed by atoms with E-state index in [1.165, 1.54) is 5.56 Å². The first kappa shape index (κ1) is 34.7. The molecule has 1 unspecified atom stereocenters. The summed E-state index contributed by atoms with van der Waals surface area (Å²) in [5.74, 6) is -0.932. The van der Waals surface area contributed by atoms with Crippen molar-refractivity contribution in [3.05, 3.63) is 47.0 Å². The van der Waals surface area contributed by atoms with Crippen LogP contribution >= 0.6 is 0 Å². The van der Waals surface area contributed by atoms with E-state index in [1.807, 2.05) is 59.0 Å². The minimum Gasteiger partial charge on any atom is -0.456 e. The van der Waals surface area contributed by atoms with Crippen LogP contribution in [0.25, 0.3) is 0 Å². The van der Waals surface area contributed by atoms with Gasteiger partial charge in [0.15, 0.2) is 0 Å². The van der Waals surface area contributed by atoms with Crippen molar-refractivity contribution in [2.45, 2.75) is 116 Å². The number of carbonyl (C=O) groups is 4. The Balaban J connectivity index is 1.44. The third-order valence-electron chi connectivity index (χ3n) is 9.90. The summed E-state index contributed by atoms with van der Waals surface area (Å²) >= 11 is 0. The molecule has 248 valence electrons. The van der Waals surface area contributed by atoms with Crippen LogP contribution in [0.15, 0.2) is 35.9 Å². The van der Waals surface area contributed by atoms with E-state index in [0.717, 1.165) is 57.1 Å². The number of esters is 1. The molecule has 4 rings (SSSR count). The van der Waals surface area contributed by atoms with Gasteiger partial charge in [0.25, 0.3) is 0 Å². The zero-order valence-electron chi connectivity index (χ0n) is 28.4. The molecule has 0 saturated carbocycles. The Morgan fingerprint density at radius 3 is 2.33 bits per heavy atom. The lowest BCUT2D eigenvalue weighted by Gasteiger charge is -2.36. The van der Waals surface area contributed by atoms with Crippen molar-refractivity contribution in [2.75, 3.05) is 27.2 Å². The molecule has 9 heteroatoms. The van der Waals surface area contributed by atoms with Crippen molar-refractivity contribution in [2.24, 2.45) is 11.8 Å². The number of benzene rings is 1. The number of rotatable bonds is 10. The number of fused-ring (bicyclic) bond motifs is 1. The van der Waals surface area contributed by atoms with Gasteiger partial charge in [-0.2, -0.15) is 0 Å². The molecule has 5 atom stereocenters. The fourth-order valence-electron chi connectivity index (χ4n) is 7.15. The molecule has 0 aromatic heterocycles. The minimum absolute atomic E-state index is 0.0143. The summed E-state index contributed by atoms with van der Waals surface area (Å²) in [5.41, 5.74) is 2.78. The lowest BCUT2D eigenvalue weighted by molar-refractivity contribution is -0.158. The van der Waals surface area contributed by atoms with E-state index in [9.17, 15) is 19.2 Å². The molecule has 3 aliphatic rings. The van der Waals surface area contributed by atoms with Crippen LogP contribution in [-0.4, -0.2) is 89.7 Å². The molecule has 1 aliphatic carbocycles. The average molecular weight is 623 g/mol. The molecule has 3 amide bonds. The smallest absolute Gasteiger partial charge is 0.329 e. The molecule has 2 fully saturated rings. The van der Waals surface area contributed by atoms with Crippen LogP contribution in [-0.2, 0) is 30.3 Å². The molecule has 0 radical (unpaired) electrons. The number of nitrogens with zero attached hydrogens (tertiary/aromatic N) is 3. The van der Waals surface area contributed by atoms with E-state index in [-0.39, 0.29) is 53.7 Å². The van der Waals surface area contributed by atoms with Gasteiger partial charge in [-0.15, -0.1) is 0 Å². The molecule has 1 aromatic rings. The Morgan fingerprint density at radius 2 is 1.64 bits per heavy atom. The SMILES string of the molecule is C/C(=C\[C@H](C(C)C)N(C)C(=O)[C@@H](NC(=O)C1CCCCN1C)C(C)C)C(=O)N1CCC[C@H]1C(=O)O[C@@H]1CCCc2ccccc21. The highest BCUT2D eigenvalue weighted by atomic mass is 16.5. The number of nitrogens with one attached hydrogen (secondary N) is 1. The number of hydrogen-bond donors (Lipinski definition) is 1. The number of hydrogen-bond acceptors (Lipinski definition) is 6. The van der Waals surface area contributed by atoms with E-state index in [1.54, 1.807) is 23.8 Å². The van der Waals surface area contributed by atoms with Crippen LogP contribution in [0.3, 0.4) is 0 Å². The average Bonchev–Trinajstić information content (AvgIpc) is 3.51. The highest BCUT2D eigenvalue weighted by Gasteiger charge is 2.39. The molecule has 2 saturated heterocycles. The van der Waals surface area contributed by atoms with Gasteiger partial charge in [0.05, 0.1) is 12.1 Å². The summed E-state index contributed by atoms with van der Waals surface area (Å²) in [5, 5.41) is 3.05. The fraction of sp³-hybridized carbons (Fsp3) is 0.667.